The minimum atomic E-state index is -3.14. The first-order valence-corrected chi connectivity index (χ1v) is 10.5. The first-order valence-electron chi connectivity index (χ1n) is 8.46. The molecule has 0 radical (unpaired) electrons. The number of sulfone groups is 1. The summed E-state index contributed by atoms with van der Waals surface area (Å²) < 4.78 is 41.1. The molecule has 1 atom stereocenters. The van der Waals surface area contributed by atoms with Gasteiger partial charge in [0, 0.05) is 44.5 Å². The van der Waals surface area contributed by atoms with Crippen molar-refractivity contribution in [2.75, 3.05) is 45.3 Å². The summed E-state index contributed by atoms with van der Waals surface area (Å²) in [5, 5.41) is 0. The first-order chi connectivity index (χ1) is 12.2. The topological polar surface area (TPSA) is 92.9 Å². The van der Waals surface area contributed by atoms with Gasteiger partial charge in [-0.25, -0.2) is 12.8 Å². The van der Waals surface area contributed by atoms with E-state index in [1.807, 2.05) is 0 Å². The molecule has 9 heteroatoms. The molecule has 2 rings (SSSR count). The van der Waals surface area contributed by atoms with Crippen molar-refractivity contribution in [2.45, 2.75) is 19.0 Å². The zero-order valence-electron chi connectivity index (χ0n) is 15.2. The van der Waals surface area contributed by atoms with Crippen LogP contribution in [-0.2, 0) is 21.2 Å². The second-order valence-corrected chi connectivity index (χ2v) is 8.84. The van der Waals surface area contributed by atoms with E-state index in [-0.39, 0.29) is 23.9 Å². The Balaban J connectivity index is 1.87. The van der Waals surface area contributed by atoms with Crippen molar-refractivity contribution in [3.05, 3.63) is 29.6 Å². The number of methoxy groups -OCH3 is 1. The van der Waals surface area contributed by atoms with Gasteiger partial charge >= 0.3 is 0 Å². The van der Waals surface area contributed by atoms with E-state index in [0.29, 0.717) is 38.5 Å². The summed E-state index contributed by atoms with van der Waals surface area (Å²) in [5.74, 6) is -0.00464. The van der Waals surface area contributed by atoms with Gasteiger partial charge in [0.2, 0.25) is 5.91 Å². The highest BCUT2D eigenvalue weighted by atomic mass is 32.2. The Morgan fingerprint density at radius 3 is 2.54 bits per heavy atom. The molecule has 0 spiro atoms. The van der Waals surface area contributed by atoms with Crippen molar-refractivity contribution in [2.24, 2.45) is 5.73 Å². The van der Waals surface area contributed by atoms with E-state index in [4.69, 9.17) is 10.5 Å². The van der Waals surface area contributed by atoms with Gasteiger partial charge in [0.15, 0.2) is 0 Å². The highest BCUT2D eigenvalue weighted by molar-refractivity contribution is 7.90. The quantitative estimate of drug-likeness (QED) is 0.721. The lowest BCUT2D eigenvalue weighted by Gasteiger charge is -2.36. The van der Waals surface area contributed by atoms with Crippen LogP contribution in [0.4, 0.5) is 4.39 Å². The number of rotatable bonds is 7. The van der Waals surface area contributed by atoms with E-state index in [2.05, 4.69) is 4.90 Å². The van der Waals surface area contributed by atoms with Crippen LogP contribution in [0.25, 0.3) is 0 Å². The van der Waals surface area contributed by atoms with Crippen molar-refractivity contribution in [3.63, 3.8) is 0 Å². The van der Waals surface area contributed by atoms with Crippen LogP contribution in [0.2, 0.25) is 0 Å². The molecular formula is C17H26FN3O4S. The molecule has 1 fully saturated rings. The largest absolute Gasteiger partial charge is 0.496 e. The Morgan fingerprint density at radius 1 is 1.31 bits per heavy atom. The van der Waals surface area contributed by atoms with Crippen LogP contribution in [-0.4, -0.2) is 75.5 Å². The lowest BCUT2D eigenvalue weighted by Crippen LogP contribution is -2.53. The molecule has 2 N–H and O–H groups in total. The molecular weight excluding hydrogens is 361 g/mol. The Kier molecular flexibility index (Phi) is 6.96. The fourth-order valence-corrected chi connectivity index (χ4v) is 3.62. The number of hydrogen-bond donors (Lipinski definition) is 1. The van der Waals surface area contributed by atoms with Crippen molar-refractivity contribution in [3.8, 4) is 5.75 Å². The van der Waals surface area contributed by atoms with Crippen LogP contribution in [0, 0.1) is 5.82 Å². The second-order valence-electron chi connectivity index (χ2n) is 6.58. The van der Waals surface area contributed by atoms with E-state index >= 15 is 0 Å². The van der Waals surface area contributed by atoms with Gasteiger partial charge in [-0.1, -0.05) is 0 Å². The highest BCUT2D eigenvalue weighted by Gasteiger charge is 2.26. The molecule has 7 nitrogen and oxygen atoms in total. The molecule has 26 heavy (non-hydrogen) atoms. The van der Waals surface area contributed by atoms with Crippen LogP contribution < -0.4 is 10.5 Å². The number of nitrogens with two attached hydrogens (primary N) is 1. The van der Waals surface area contributed by atoms with Crippen LogP contribution in [0.3, 0.4) is 0 Å². The molecule has 1 unspecified atom stereocenters. The summed E-state index contributed by atoms with van der Waals surface area (Å²) in [6, 6.07) is 3.61. The van der Waals surface area contributed by atoms with Crippen molar-refractivity contribution in [1.82, 2.24) is 9.80 Å². The molecule has 0 aromatic heterocycles. The minimum Gasteiger partial charge on any atom is -0.496 e. The normalized spacial score (nSPS) is 17.2. The lowest BCUT2D eigenvalue weighted by atomic mass is 10.1. The number of ether oxygens (including phenoxy) is 1. The van der Waals surface area contributed by atoms with Crippen molar-refractivity contribution < 1.29 is 22.3 Å². The maximum absolute atomic E-state index is 13.5. The third-order valence-electron chi connectivity index (χ3n) is 4.44. The Bertz CT molecular complexity index is 734. The van der Waals surface area contributed by atoms with E-state index in [1.165, 1.54) is 12.1 Å². The zero-order valence-corrected chi connectivity index (χ0v) is 16.0. The summed E-state index contributed by atoms with van der Waals surface area (Å²) in [6.07, 6.45) is 1.25. The maximum atomic E-state index is 13.5. The molecule has 1 heterocycles. The average molecular weight is 387 g/mol. The summed E-state index contributed by atoms with van der Waals surface area (Å²) in [7, 11) is -1.59. The van der Waals surface area contributed by atoms with Crippen LogP contribution >= 0.6 is 0 Å². The van der Waals surface area contributed by atoms with Gasteiger partial charge in [-0.15, -0.1) is 0 Å². The molecule has 1 aliphatic rings. The molecule has 0 saturated carbocycles. The molecule has 1 saturated heterocycles. The fourth-order valence-electron chi connectivity index (χ4n) is 2.94. The number of carbonyl (C=O) groups is 1. The van der Waals surface area contributed by atoms with Crippen molar-refractivity contribution >= 4 is 15.7 Å². The predicted molar refractivity (Wildman–Crippen MR) is 97.1 cm³/mol. The Labute approximate surface area is 153 Å². The van der Waals surface area contributed by atoms with E-state index in [1.54, 1.807) is 18.1 Å². The van der Waals surface area contributed by atoms with Gasteiger partial charge in [-0.3, -0.25) is 9.69 Å². The third-order valence-corrected chi connectivity index (χ3v) is 5.41. The third kappa shape index (κ3) is 5.93. The number of hydrogen-bond acceptors (Lipinski definition) is 6. The van der Waals surface area contributed by atoms with E-state index in [0.717, 1.165) is 11.8 Å². The maximum Gasteiger partial charge on any atom is 0.239 e. The SMILES string of the molecule is COc1ccc(F)cc1CN1CCN(C(=O)C(N)CCS(C)(=O)=O)CC1. The van der Waals surface area contributed by atoms with Crippen molar-refractivity contribution in [1.29, 1.82) is 0 Å². The lowest BCUT2D eigenvalue weighted by molar-refractivity contribution is -0.134. The smallest absolute Gasteiger partial charge is 0.239 e. The molecule has 146 valence electrons. The van der Waals surface area contributed by atoms with Gasteiger partial charge in [0.1, 0.15) is 21.4 Å². The Morgan fingerprint density at radius 2 is 1.96 bits per heavy atom. The molecule has 0 bridgehead atoms. The van der Waals surface area contributed by atoms with Gasteiger partial charge < -0.3 is 15.4 Å². The summed E-state index contributed by atoms with van der Waals surface area (Å²) in [5.41, 5.74) is 6.60. The predicted octanol–water partition coefficient (Wildman–Crippen LogP) is 0.241. The number of carbonyl (C=O) groups excluding carboxylic acids is 1. The van der Waals surface area contributed by atoms with Gasteiger partial charge in [-0.05, 0) is 24.6 Å². The van der Waals surface area contributed by atoms with Gasteiger partial charge in [0.05, 0.1) is 18.9 Å². The molecule has 1 amide bonds. The number of nitrogens with zero attached hydrogens (tertiary/aromatic N) is 2. The van der Waals surface area contributed by atoms with E-state index in [9.17, 15) is 17.6 Å². The highest BCUT2D eigenvalue weighted by Crippen LogP contribution is 2.21. The summed E-state index contributed by atoms with van der Waals surface area (Å²) in [6.45, 7) is 2.80. The number of halogens is 1. The second kappa shape index (κ2) is 8.79. The molecule has 1 aromatic carbocycles. The number of amides is 1. The number of benzene rings is 1. The summed E-state index contributed by atoms with van der Waals surface area (Å²) in [4.78, 5) is 16.1. The van der Waals surface area contributed by atoms with Gasteiger partial charge in [0.25, 0.3) is 0 Å². The molecule has 0 aliphatic carbocycles. The van der Waals surface area contributed by atoms with Crippen LogP contribution in [0.15, 0.2) is 18.2 Å². The average Bonchev–Trinajstić information content (AvgIpc) is 2.59. The standard InChI is InChI=1S/C17H26FN3O4S/c1-25-16-4-3-14(18)11-13(16)12-20-6-8-21(9-7-20)17(22)15(19)5-10-26(2,23)24/h3-4,11,15H,5-10,12,19H2,1-2H3. The fraction of sp³-hybridized carbons (Fsp3) is 0.588. The summed E-state index contributed by atoms with van der Waals surface area (Å²) >= 11 is 0. The molecule has 1 aliphatic heterocycles. The number of piperazine rings is 1. The molecule has 1 aromatic rings. The van der Waals surface area contributed by atoms with Crippen LogP contribution in [0.5, 0.6) is 5.75 Å². The Hall–Kier alpha value is -1.71. The zero-order chi connectivity index (χ0) is 19.3. The first kappa shape index (κ1) is 20.6. The van der Waals surface area contributed by atoms with Gasteiger partial charge in [-0.2, -0.15) is 0 Å². The van der Waals surface area contributed by atoms with E-state index < -0.39 is 15.9 Å². The monoisotopic (exact) mass is 387 g/mol. The van der Waals surface area contributed by atoms with Crippen LogP contribution in [0.1, 0.15) is 12.0 Å². The minimum absolute atomic E-state index is 0.0980.